The van der Waals surface area contributed by atoms with E-state index in [-0.39, 0.29) is 12.0 Å². The normalized spacial score (nSPS) is 27.2. The molecule has 0 aromatic rings. The number of rotatable bonds is 4. The topological polar surface area (TPSA) is 84.2 Å². The molecular weight excluding hydrogens is 226 g/mol. The molecule has 5 nitrogen and oxygen atoms in total. The predicted octanol–water partition coefficient (Wildman–Crippen LogP) is 0.336. The van der Waals surface area contributed by atoms with E-state index in [1.54, 1.807) is 0 Å². The van der Waals surface area contributed by atoms with Gasteiger partial charge in [0.2, 0.25) is 0 Å². The van der Waals surface area contributed by atoms with Crippen molar-refractivity contribution in [1.29, 1.82) is 0 Å². The Morgan fingerprint density at radius 1 is 1.31 bits per heavy atom. The minimum absolute atomic E-state index is 0.136. The van der Waals surface area contributed by atoms with Crippen LogP contribution in [0.1, 0.15) is 40.0 Å². The average molecular weight is 249 g/mol. The molecule has 0 saturated heterocycles. The van der Waals surface area contributed by atoms with Gasteiger partial charge in [0.25, 0.3) is 10.2 Å². The van der Waals surface area contributed by atoms with E-state index in [9.17, 15) is 8.42 Å². The monoisotopic (exact) mass is 249 g/mol. The van der Waals surface area contributed by atoms with Gasteiger partial charge in [-0.1, -0.05) is 6.42 Å². The van der Waals surface area contributed by atoms with Gasteiger partial charge in [-0.3, -0.25) is 0 Å². The second kappa shape index (κ2) is 5.00. The highest BCUT2D eigenvalue weighted by atomic mass is 32.2. The standard InChI is InChI=1S/C10H23N3O2S/c1-10(2,3)13-16(14,15)12-7-8-5-4-6-9(8)11/h8-9,12-13H,4-7,11H2,1-3H3. The van der Waals surface area contributed by atoms with E-state index in [1.165, 1.54) is 0 Å². The van der Waals surface area contributed by atoms with Crippen LogP contribution >= 0.6 is 0 Å². The van der Waals surface area contributed by atoms with Crippen LogP contribution in [0.25, 0.3) is 0 Å². The molecule has 2 atom stereocenters. The molecule has 16 heavy (non-hydrogen) atoms. The molecule has 6 heteroatoms. The Balaban J connectivity index is 2.42. The lowest BCUT2D eigenvalue weighted by molar-refractivity contribution is 0.451. The fourth-order valence-electron chi connectivity index (χ4n) is 1.97. The van der Waals surface area contributed by atoms with E-state index < -0.39 is 15.7 Å². The summed E-state index contributed by atoms with van der Waals surface area (Å²) in [6, 6.07) is 0.136. The lowest BCUT2D eigenvalue weighted by Gasteiger charge is -2.22. The van der Waals surface area contributed by atoms with Crippen LogP contribution in [0.15, 0.2) is 0 Å². The van der Waals surface area contributed by atoms with Crippen LogP contribution in [0.2, 0.25) is 0 Å². The number of nitrogens with one attached hydrogen (secondary N) is 2. The zero-order valence-electron chi connectivity index (χ0n) is 10.3. The van der Waals surface area contributed by atoms with Crippen molar-refractivity contribution in [3.05, 3.63) is 0 Å². The molecule has 0 aromatic heterocycles. The lowest BCUT2D eigenvalue weighted by atomic mass is 10.1. The molecule has 4 N–H and O–H groups in total. The van der Waals surface area contributed by atoms with Crippen LogP contribution < -0.4 is 15.2 Å². The van der Waals surface area contributed by atoms with Gasteiger partial charge in [-0.2, -0.15) is 13.1 Å². The second-order valence-electron chi connectivity index (χ2n) is 5.56. The molecule has 1 aliphatic rings. The number of nitrogens with two attached hydrogens (primary N) is 1. The van der Waals surface area contributed by atoms with Gasteiger partial charge in [0.05, 0.1) is 0 Å². The molecule has 1 fully saturated rings. The van der Waals surface area contributed by atoms with Crippen LogP contribution in [-0.4, -0.2) is 26.5 Å². The van der Waals surface area contributed by atoms with Gasteiger partial charge < -0.3 is 5.73 Å². The van der Waals surface area contributed by atoms with E-state index in [4.69, 9.17) is 5.73 Å². The molecule has 1 saturated carbocycles. The molecule has 0 heterocycles. The molecule has 1 aliphatic carbocycles. The van der Waals surface area contributed by atoms with Crippen LogP contribution in [0, 0.1) is 5.92 Å². The fourth-order valence-corrected chi connectivity index (χ4v) is 3.29. The van der Waals surface area contributed by atoms with Gasteiger partial charge in [0, 0.05) is 18.1 Å². The third-order valence-electron chi connectivity index (χ3n) is 2.69. The summed E-state index contributed by atoms with van der Waals surface area (Å²) in [5.41, 5.74) is 5.43. The van der Waals surface area contributed by atoms with Crippen molar-refractivity contribution < 1.29 is 8.42 Å². The highest BCUT2D eigenvalue weighted by Gasteiger charge is 2.26. The van der Waals surface area contributed by atoms with Crippen molar-refractivity contribution in [3.63, 3.8) is 0 Å². The van der Waals surface area contributed by atoms with E-state index in [0.717, 1.165) is 19.3 Å². The predicted molar refractivity (Wildman–Crippen MR) is 65.1 cm³/mol. The summed E-state index contributed by atoms with van der Waals surface area (Å²) in [6.45, 7) is 5.88. The molecule has 96 valence electrons. The Morgan fingerprint density at radius 2 is 1.94 bits per heavy atom. The van der Waals surface area contributed by atoms with Crippen LogP contribution in [-0.2, 0) is 10.2 Å². The SMILES string of the molecule is CC(C)(C)NS(=O)(=O)NCC1CCCC1N. The first-order chi connectivity index (χ1) is 7.20. The third kappa shape index (κ3) is 4.78. The van der Waals surface area contributed by atoms with Crippen molar-refractivity contribution >= 4 is 10.2 Å². The van der Waals surface area contributed by atoms with Gasteiger partial charge in [-0.05, 0) is 39.5 Å². The first-order valence-electron chi connectivity index (χ1n) is 5.74. The molecule has 1 rings (SSSR count). The van der Waals surface area contributed by atoms with Crippen molar-refractivity contribution in [2.75, 3.05) is 6.54 Å². The van der Waals surface area contributed by atoms with Gasteiger partial charge in [0.1, 0.15) is 0 Å². The smallest absolute Gasteiger partial charge is 0.277 e. The Hall–Kier alpha value is -0.170. The largest absolute Gasteiger partial charge is 0.327 e. The van der Waals surface area contributed by atoms with Crippen LogP contribution in [0.3, 0.4) is 0 Å². The Labute approximate surface area is 98.4 Å². The van der Waals surface area contributed by atoms with Gasteiger partial charge in [-0.15, -0.1) is 0 Å². The second-order valence-corrected chi connectivity index (χ2v) is 7.06. The quantitative estimate of drug-likeness (QED) is 0.671. The summed E-state index contributed by atoms with van der Waals surface area (Å²) in [5.74, 6) is 0.275. The zero-order chi connectivity index (χ0) is 12.4. The minimum Gasteiger partial charge on any atom is -0.327 e. The fraction of sp³-hybridized carbons (Fsp3) is 1.00. The molecule has 0 aliphatic heterocycles. The molecule has 2 unspecified atom stereocenters. The van der Waals surface area contributed by atoms with Crippen molar-refractivity contribution in [1.82, 2.24) is 9.44 Å². The average Bonchev–Trinajstić information content (AvgIpc) is 2.43. The Bertz CT molecular complexity index is 321. The summed E-state index contributed by atoms with van der Waals surface area (Å²) < 4.78 is 28.4. The first-order valence-corrected chi connectivity index (χ1v) is 7.22. The molecule has 0 amide bonds. The molecule has 0 bridgehead atoms. The Kier molecular flexibility index (Phi) is 4.34. The number of hydrogen-bond donors (Lipinski definition) is 3. The molecular formula is C10H23N3O2S. The highest BCUT2D eigenvalue weighted by molar-refractivity contribution is 7.87. The van der Waals surface area contributed by atoms with Crippen LogP contribution in [0.5, 0.6) is 0 Å². The summed E-state index contributed by atoms with van der Waals surface area (Å²) in [4.78, 5) is 0. The van der Waals surface area contributed by atoms with Crippen molar-refractivity contribution in [3.8, 4) is 0 Å². The van der Waals surface area contributed by atoms with Crippen molar-refractivity contribution in [2.24, 2.45) is 11.7 Å². The van der Waals surface area contributed by atoms with Gasteiger partial charge in [0.15, 0.2) is 0 Å². The summed E-state index contributed by atoms with van der Waals surface area (Å²) >= 11 is 0. The number of hydrogen-bond acceptors (Lipinski definition) is 3. The van der Waals surface area contributed by atoms with E-state index in [1.807, 2.05) is 20.8 Å². The maximum absolute atomic E-state index is 11.6. The van der Waals surface area contributed by atoms with E-state index in [2.05, 4.69) is 9.44 Å². The lowest BCUT2D eigenvalue weighted by Crippen LogP contribution is -2.48. The minimum atomic E-state index is -3.41. The maximum Gasteiger partial charge on any atom is 0.277 e. The van der Waals surface area contributed by atoms with Crippen molar-refractivity contribution in [2.45, 2.75) is 51.6 Å². The molecule has 0 radical (unpaired) electrons. The van der Waals surface area contributed by atoms with Gasteiger partial charge >= 0.3 is 0 Å². The Morgan fingerprint density at radius 3 is 2.38 bits per heavy atom. The molecule has 0 spiro atoms. The zero-order valence-corrected chi connectivity index (χ0v) is 11.1. The van der Waals surface area contributed by atoms with E-state index >= 15 is 0 Å². The third-order valence-corrected chi connectivity index (χ3v) is 4.12. The maximum atomic E-state index is 11.6. The molecule has 0 aromatic carbocycles. The van der Waals surface area contributed by atoms with E-state index in [0.29, 0.717) is 6.54 Å². The van der Waals surface area contributed by atoms with Gasteiger partial charge in [-0.25, -0.2) is 4.72 Å². The highest BCUT2D eigenvalue weighted by Crippen LogP contribution is 2.23. The van der Waals surface area contributed by atoms with Crippen LogP contribution in [0.4, 0.5) is 0 Å². The summed E-state index contributed by atoms with van der Waals surface area (Å²) in [7, 11) is -3.41. The first kappa shape index (κ1) is 13.9. The summed E-state index contributed by atoms with van der Waals surface area (Å²) in [6.07, 6.45) is 3.11. The summed E-state index contributed by atoms with van der Waals surface area (Å²) in [5, 5.41) is 0.